The average Bonchev–Trinajstić information content (AvgIpc) is 2.53. The predicted molar refractivity (Wildman–Crippen MR) is 90.2 cm³/mol. The number of nitrogens with zero attached hydrogens (tertiary/aromatic N) is 1. The maximum Gasteiger partial charge on any atom is 0.0869 e. The highest BCUT2D eigenvalue weighted by Gasteiger charge is 2.26. The van der Waals surface area contributed by atoms with Crippen LogP contribution in [0.4, 0.5) is 0 Å². The SMILES string of the molecule is CC(NCC(C)(O)CN1CCOCC1)C(C)c1ccccc1. The Morgan fingerprint density at radius 3 is 2.50 bits per heavy atom. The Hall–Kier alpha value is -0.940. The van der Waals surface area contributed by atoms with Crippen LogP contribution >= 0.6 is 0 Å². The van der Waals surface area contributed by atoms with E-state index in [1.807, 2.05) is 13.0 Å². The zero-order valence-corrected chi connectivity index (χ0v) is 14.1. The van der Waals surface area contributed by atoms with E-state index in [-0.39, 0.29) is 0 Å². The molecule has 124 valence electrons. The van der Waals surface area contributed by atoms with E-state index in [0.29, 0.717) is 25.0 Å². The van der Waals surface area contributed by atoms with Crippen molar-refractivity contribution in [2.24, 2.45) is 0 Å². The highest BCUT2D eigenvalue weighted by atomic mass is 16.5. The molecule has 1 aliphatic heterocycles. The Kier molecular flexibility index (Phi) is 6.38. The van der Waals surface area contributed by atoms with Crippen molar-refractivity contribution in [3.8, 4) is 0 Å². The predicted octanol–water partition coefficient (Wildman–Crippen LogP) is 1.85. The third-order valence-corrected chi connectivity index (χ3v) is 4.55. The lowest BCUT2D eigenvalue weighted by Crippen LogP contribution is -2.52. The van der Waals surface area contributed by atoms with Gasteiger partial charge in [0.1, 0.15) is 0 Å². The van der Waals surface area contributed by atoms with Gasteiger partial charge in [-0.3, -0.25) is 4.90 Å². The molecular weight excluding hydrogens is 276 g/mol. The lowest BCUT2D eigenvalue weighted by Gasteiger charge is -2.35. The van der Waals surface area contributed by atoms with E-state index in [1.54, 1.807) is 0 Å². The van der Waals surface area contributed by atoms with Crippen LogP contribution in [0.5, 0.6) is 0 Å². The molecule has 1 saturated heterocycles. The molecular formula is C18H30N2O2. The second-order valence-electron chi connectivity index (χ2n) is 6.75. The molecule has 0 radical (unpaired) electrons. The standard InChI is InChI=1S/C18H30N2O2/c1-15(17-7-5-4-6-8-17)16(2)19-13-18(3,21)14-20-9-11-22-12-10-20/h4-8,15-16,19,21H,9-14H2,1-3H3. The van der Waals surface area contributed by atoms with Crippen molar-refractivity contribution in [3.63, 3.8) is 0 Å². The number of β-amino-alcohol motifs (C(OH)–C–C–N with tert-alkyl or cyclic N) is 1. The maximum absolute atomic E-state index is 10.6. The minimum absolute atomic E-state index is 0.318. The van der Waals surface area contributed by atoms with Crippen molar-refractivity contribution >= 4 is 0 Å². The van der Waals surface area contributed by atoms with Crippen LogP contribution in [-0.2, 0) is 4.74 Å². The van der Waals surface area contributed by atoms with Gasteiger partial charge in [-0.2, -0.15) is 0 Å². The molecule has 4 nitrogen and oxygen atoms in total. The first-order chi connectivity index (χ1) is 10.5. The van der Waals surface area contributed by atoms with Crippen LogP contribution in [0.25, 0.3) is 0 Å². The normalized spacial score (nSPS) is 22.0. The van der Waals surface area contributed by atoms with E-state index in [2.05, 4.69) is 48.3 Å². The van der Waals surface area contributed by atoms with Crippen molar-refractivity contribution in [2.75, 3.05) is 39.4 Å². The van der Waals surface area contributed by atoms with Crippen LogP contribution in [-0.4, -0.2) is 61.0 Å². The Morgan fingerprint density at radius 2 is 1.86 bits per heavy atom. The zero-order chi connectivity index (χ0) is 16.0. The molecule has 0 aliphatic carbocycles. The van der Waals surface area contributed by atoms with E-state index in [1.165, 1.54) is 5.56 Å². The minimum Gasteiger partial charge on any atom is -0.388 e. The zero-order valence-electron chi connectivity index (χ0n) is 14.1. The van der Waals surface area contributed by atoms with Crippen molar-refractivity contribution in [1.29, 1.82) is 0 Å². The van der Waals surface area contributed by atoms with Crippen molar-refractivity contribution < 1.29 is 9.84 Å². The summed E-state index contributed by atoms with van der Waals surface area (Å²) < 4.78 is 5.35. The highest BCUT2D eigenvalue weighted by molar-refractivity contribution is 5.20. The van der Waals surface area contributed by atoms with Gasteiger partial charge in [0.05, 0.1) is 18.8 Å². The van der Waals surface area contributed by atoms with Gasteiger partial charge in [-0.25, -0.2) is 0 Å². The second kappa shape index (κ2) is 8.06. The summed E-state index contributed by atoms with van der Waals surface area (Å²) in [5, 5.41) is 14.1. The molecule has 0 aromatic heterocycles. The van der Waals surface area contributed by atoms with Crippen LogP contribution < -0.4 is 5.32 Å². The fraction of sp³-hybridized carbons (Fsp3) is 0.667. The fourth-order valence-electron chi connectivity index (χ4n) is 2.90. The summed E-state index contributed by atoms with van der Waals surface area (Å²) in [6, 6.07) is 10.8. The topological polar surface area (TPSA) is 44.7 Å². The van der Waals surface area contributed by atoms with Gasteiger partial charge in [0.15, 0.2) is 0 Å². The van der Waals surface area contributed by atoms with Crippen molar-refractivity contribution in [2.45, 2.75) is 38.3 Å². The summed E-state index contributed by atoms with van der Waals surface area (Å²) in [7, 11) is 0. The summed E-state index contributed by atoms with van der Waals surface area (Å²) in [6.45, 7) is 11.0. The first-order valence-corrected chi connectivity index (χ1v) is 8.29. The summed E-state index contributed by atoms with van der Waals surface area (Å²) in [4.78, 5) is 2.27. The van der Waals surface area contributed by atoms with Gasteiger partial charge < -0.3 is 15.2 Å². The van der Waals surface area contributed by atoms with Gasteiger partial charge in [-0.05, 0) is 25.3 Å². The van der Waals surface area contributed by atoms with Crippen LogP contribution in [0.3, 0.4) is 0 Å². The first-order valence-electron chi connectivity index (χ1n) is 8.29. The molecule has 3 atom stereocenters. The summed E-state index contributed by atoms with van der Waals surface area (Å²) >= 11 is 0. The van der Waals surface area contributed by atoms with Gasteiger partial charge >= 0.3 is 0 Å². The number of nitrogens with one attached hydrogen (secondary N) is 1. The highest BCUT2D eigenvalue weighted by Crippen LogP contribution is 2.19. The molecule has 2 rings (SSSR count). The molecule has 1 aromatic rings. The smallest absolute Gasteiger partial charge is 0.0869 e. The monoisotopic (exact) mass is 306 g/mol. The lowest BCUT2D eigenvalue weighted by atomic mass is 9.94. The van der Waals surface area contributed by atoms with Crippen LogP contribution in [0, 0.1) is 0 Å². The number of hydrogen-bond acceptors (Lipinski definition) is 4. The lowest BCUT2D eigenvalue weighted by molar-refractivity contribution is -0.0229. The molecule has 0 amide bonds. The number of ether oxygens (including phenoxy) is 1. The quantitative estimate of drug-likeness (QED) is 0.807. The molecule has 1 fully saturated rings. The van der Waals surface area contributed by atoms with Crippen LogP contribution in [0.2, 0.25) is 0 Å². The molecule has 0 bridgehead atoms. The first kappa shape index (κ1) is 17.4. The number of benzene rings is 1. The van der Waals surface area contributed by atoms with Gasteiger partial charge in [-0.15, -0.1) is 0 Å². The molecule has 1 aliphatic rings. The summed E-state index contributed by atoms with van der Waals surface area (Å²) in [6.07, 6.45) is 0. The van der Waals surface area contributed by atoms with E-state index < -0.39 is 5.60 Å². The van der Waals surface area contributed by atoms with E-state index >= 15 is 0 Å². The van der Waals surface area contributed by atoms with Crippen LogP contribution in [0.1, 0.15) is 32.3 Å². The molecule has 3 unspecified atom stereocenters. The molecule has 0 spiro atoms. The molecule has 1 heterocycles. The Morgan fingerprint density at radius 1 is 1.23 bits per heavy atom. The molecule has 22 heavy (non-hydrogen) atoms. The van der Waals surface area contributed by atoms with Crippen LogP contribution in [0.15, 0.2) is 30.3 Å². The van der Waals surface area contributed by atoms with Crippen molar-refractivity contribution in [3.05, 3.63) is 35.9 Å². The summed E-state index contributed by atoms with van der Waals surface area (Å²) in [5.74, 6) is 0.417. The maximum atomic E-state index is 10.6. The minimum atomic E-state index is -0.720. The Balaban J connectivity index is 1.80. The Labute approximate surface area is 134 Å². The van der Waals surface area contributed by atoms with E-state index in [9.17, 15) is 5.11 Å². The van der Waals surface area contributed by atoms with E-state index in [0.717, 1.165) is 26.3 Å². The molecule has 4 heteroatoms. The van der Waals surface area contributed by atoms with Gasteiger partial charge in [0.2, 0.25) is 0 Å². The average molecular weight is 306 g/mol. The van der Waals surface area contributed by atoms with Gasteiger partial charge in [0.25, 0.3) is 0 Å². The fourth-order valence-corrected chi connectivity index (χ4v) is 2.90. The third-order valence-electron chi connectivity index (χ3n) is 4.55. The molecule has 0 saturated carbocycles. The molecule has 1 aromatic carbocycles. The second-order valence-corrected chi connectivity index (χ2v) is 6.75. The number of rotatable bonds is 7. The Bertz CT molecular complexity index is 430. The van der Waals surface area contributed by atoms with Gasteiger partial charge in [0, 0.05) is 32.2 Å². The number of morpholine rings is 1. The summed E-state index contributed by atoms with van der Waals surface area (Å²) in [5.41, 5.74) is 0.609. The third kappa shape index (κ3) is 5.36. The van der Waals surface area contributed by atoms with E-state index in [4.69, 9.17) is 4.74 Å². The molecule has 2 N–H and O–H groups in total. The number of hydrogen-bond donors (Lipinski definition) is 2. The van der Waals surface area contributed by atoms with Gasteiger partial charge in [-0.1, -0.05) is 37.3 Å². The number of aliphatic hydroxyl groups is 1. The van der Waals surface area contributed by atoms with Crippen molar-refractivity contribution in [1.82, 2.24) is 10.2 Å². The largest absolute Gasteiger partial charge is 0.388 e.